The summed E-state index contributed by atoms with van der Waals surface area (Å²) >= 11 is 0. The molecule has 1 saturated heterocycles. The molecule has 0 amide bonds. The fourth-order valence-corrected chi connectivity index (χ4v) is 3.63. The van der Waals surface area contributed by atoms with Gasteiger partial charge in [0.15, 0.2) is 0 Å². The molecular weight excluding hydrogens is 355 g/mol. The normalized spacial score (nSPS) is 20.6. The van der Waals surface area contributed by atoms with Crippen LogP contribution in [0.4, 0.5) is 13.2 Å². The number of nitrogens with zero attached hydrogens (tertiary/aromatic N) is 1. The number of alkyl halides is 3. The van der Waals surface area contributed by atoms with Crippen molar-refractivity contribution in [3.05, 3.63) is 71.3 Å². The van der Waals surface area contributed by atoms with Gasteiger partial charge in [0.25, 0.3) is 0 Å². The van der Waals surface area contributed by atoms with E-state index in [1.165, 1.54) is 6.07 Å². The molecule has 0 spiro atoms. The monoisotopic (exact) mass is 377 g/mol. The summed E-state index contributed by atoms with van der Waals surface area (Å²) in [7, 11) is 0. The van der Waals surface area contributed by atoms with E-state index >= 15 is 0 Å². The minimum absolute atomic E-state index is 0.253. The van der Waals surface area contributed by atoms with E-state index in [0.29, 0.717) is 25.2 Å². The molecule has 3 nitrogen and oxygen atoms in total. The van der Waals surface area contributed by atoms with Crippen LogP contribution in [0.15, 0.2) is 54.6 Å². The molecule has 1 fully saturated rings. The van der Waals surface area contributed by atoms with Crippen LogP contribution in [0.3, 0.4) is 0 Å². The highest BCUT2D eigenvalue weighted by Crippen LogP contribution is 2.37. The van der Waals surface area contributed by atoms with Crippen LogP contribution in [0.2, 0.25) is 0 Å². The molecule has 2 atom stereocenters. The predicted molar refractivity (Wildman–Crippen MR) is 96.0 cm³/mol. The van der Waals surface area contributed by atoms with Crippen molar-refractivity contribution in [2.45, 2.75) is 25.6 Å². The number of likely N-dealkylation sites (tertiary alicyclic amines) is 1. The first-order valence-electron chi connectivity index (χ1n) is 8.98. The maximum atomic E-state index is 13.1. The van der Waals surface area contributed by atoms with Gasteiger partial charge in [-0.2, -0.15) is 13.2 Å². The van der Waals surface area contributed by atoms with Gasteiger partial charge in [-0.1, -0.05) is 48.5 Å². The van der Waals surface area contributed by atoms with Gasteiger partial charge in [0.1, 0.15) is 0 Å². The topological polar surface area (TPSA) is 29.5 Å². The van der Waals surface area contributed by atoms with Gasteiger partial charge in [0.2, 0.25) is 0 Å². The highest BCUT2D eigenvalue weighted by atomic mass is 19.4. The zero-order valence-corrected chi connectivity index (χ0v) is 15.1. The number of carbonyl (C=O) groups is 1. The van der Waals surface area contributed by atoms with E-state index in [0.717, 1.165) is 17.7 Å². The lowest BCUT2D eigenvalue weighted by atomic mass is 9.88. The van der Waals surface area contributed by atoms with Crippen molar-refractivity contribution < 1.29 is 22.7 Å². The minimum Gasteiger partial charge on any atom is -0.466 e. The van der Waals surface area contributed by atoms with Crippen LogP contribution in [-0.4, -0.2) is 30.6 Å². The molecular formula is C21H22F3NO2. The highest BCUT2D eigenvalue weighted by molar-refractivity contribution is 5.74. The van der Waals surface area contributed by atoms with Crippen LogP contribution >= 0.6 is 0 Å². The van der Waals surface area contributed by atoms with E-state index < -0.39 is 17.7 Å². The zero-order chi connectivity index (χ0) is 19.4. The Balaban J connectivity index is 1.85. The van der Waals surface area contributed by atoms with E-state index in [2.05, 4.69) is 4.90 Å². The van der Waals surface area contributed by atoms with Gasteiger partial charge in [0, 0.05) is 25.6 Å². The Morgan fingerprint density at radius 1 is 1.11 bits per heavy atom. The van der Waals surface area contributed by atoms with E-state index in [9.17, 15) is 18.0 Å². The lowest BCUT2D eigenvalue weighted by molar-refractivity contribution is -0.148. The van der Waals surface area contributed by atoms with Crippen molar-refractivity contribution in [2.24, 2.45) is 5.92 Å². The van der Waals surface area contributed by atoms with Crippen molar-refractivity contribution in [1.29, 1.82) is 0 Å². The van der Waals surface area contributed by atoms with Gasteiger partial charge in [-0.3, -0.25) is 9.69 Å². The summed E-state index contributed by atoms with van der Waals surface area (Å²) in [5.74, 6) is -1.15. The predicted octanol–water partition coefficient (Wildman–Crippen LogP) is 4.48. The number of rotatable bonds is 5. The summed E-state index contributed by atoms with van der Waals surface area (Å²) in [6.07, 6.45) is -4.40. The summed E-state index contributed by atoms with van der Waals surface area (Å²) in [5, 5.41) is 0. The van der Waals surface area contributed by atoms with E-state index in [4.69, 9.17) is 4.74 Å². The van der Waals surface area contributed by atoms with Crippen molar-refractivity contribution in [3.8, 4) is 0 Å². The summed E-state index contributed by atoms with van der Waals surface area (Å²) in [4.78, 5) is 14.5. The number of hydrogen-bond donors (Lipinski definition) is 0. The third-order valence-corrected chi connectivity index (χ3v) is 4.88. The van der Waals surface area contributed by atoms with Crippen molar-refractivity contribution in [3.63, 3.8) is 0 Å². The zero-order valence-electron chi connectivity index (χ0n) is 15.1. The smallest absolute Gasteiger partial charge is 0.416 e. The molecule has 3 rings (SSSR count). The summed E-state index contributed by atoms with van der Waals surface area (Å²) < 4.78 is 44.5. The van der Waals surface area contributed by atoms with E-state index in [-0.39, 0.29) is 18.5 Å². The lowest BCUT2D eigenvalue weighted by Gasteiger charge is -2.18. The minimum atomic E-state index is -4.40. The maximum Gasteiger partial charge on any atom is 0.416 e. The fourth-order valence-electron chi connectivity index (χ4n) is 3.63. The van der Waals surface area contributed by atoms with Gasteiger partial charge in [-0.25, -0.2) is 0 Å². The average molecular weight is 377 g/mol. The van der Waals surface area contributed by atoms with Crippen LogP contribution < -0.4 is 0 Å². The number of hydrogen-bond acceptors (Lipinski definition) is 3. The first kappa shape index (κ1) is 19.4. The molecule has 2 aromatic carbocycles. The first-order valence-corrected chi connectivity index (χ1v) is 8.98. The molecule has 27 heavy (non-hydrogen) atoms. The Morgan fingerprint density at radius 3 is 2.52 bits per heavy atom. The largest absolute Gasteiger partial charge is 0.466 e. The van der Waals surface area contributed by atoms with Crippen molar-refractivity contribution >= 4 is 5.97 Å². The molecule has 6 heteroatoms. The number of esters is 1. The van der Waals surface area contributed by atoms with E-state index in [1.54, 1.807) is 13.0 Å². The highest BCUT2D eigenvalue weighted by Gasteiger charge is 2.40. The SMILES string of the molecule is CCOC(=O)C1CN(Cc2ccccc2)CC1c1cccc(C(F)(F)F)c1. The molecule has 0 saturated carbocycles. The summed E-state index contributed by atoms with van der Waals surface area (Å²) in [6.45, 7) is 3.61. The van der Waals surface area contributed by atoms with Crippen LogP contribution in [0.5, 0.6) is 0 Å². The first-order chi connectivity index (χ1) is 12.9. The lowest BCUT2D eigenvalue weighted by Crippen LogP contribution is -2.25. The van der Waals surface area contributed by atoms with Crippen molar-refractivity contribution in [2.75, 3.05) is 19.7 Å². The molecule has 1 aliphatic heterocycles. The van der Waals surface area contributed by atoms with Crippen molar-refractivity contribution in [1.82, 2.24) is 4.90 Å². The van der Waals surface area contributed by atoms with E-state index in [1.807, 2.05) is 30.3 Å². The third-order valence-electron chi connectivity index (χ3n) is 4.88. The van der Waals surface area contributed by atoms with Crippen LogP contribution in [-0.2, 0) is 22.3 Å². The molecule has 1 aliphatic rings. The Bertz CT molecular complexity index is 776. The molecule has 0 N–H and O–H groups in total. The molecule has 1 heterocycles. The van der Waals surface area contributed by atoms with Gasteiger partial charge in [-0.15, -0.1) is 0 Å². The Labute approximate surface area is 156 Å². The number of carbonyl (C=O) groups excluding carboxylic acids is 1. The Kier molecular flexibility index (Phi) is 5.85. The summed E-state index contributed by atoms with van der Waals surface area (Å²) in [5.41, 5.74) is 0.937. The van der Waals surface area contributed by atoms with Gasteiger partial charge < -0.3 is 4.74 Å². The molecule has 144 valence electrons. The third kappa shape index (κ3) is 4.69. The molecule has 0 aliphatic carbocycles. The summed E-state index contributed by atoms with van der Waals surface area (Å²) in [6, 6.07) is 15.1. The van der Waals surface area contributed by atoms with Gasteiger partial charge >= 0.3 is 12.1 Å². The Hall–Kier alpha value is -2.34. The molecule has 2 aromatic rings. The van der Waals surface area contributed by atoms with Gasteiger partial charge in [-0.05, 0) is 24.1 Å². The van der Waals surface area contributed by atoms with Gasteiger partial charge in [0.05, 0.1) is 18.1 Å². The second-order valence-electron chi connectivity index (χ2n) is 6.77. The maximum absolute atomic E-state index is 13.1. The molecule has 2 unspecified atom stereocenters. The number of benzene rings is 2. The average Bonchev–Trinajstić information content (AvgIpc) is 3.06. The molecule has 0 aromatic heterocycles. The Morgan fingerprint density at radius 2 is 1.85 bits per heavy atom. The number of halogens is 3. The standard InChI is InChI=1S/C21H22F3NO2/c1-2-27-20(26)19-14-25(12-15-7-4-3-5-8-15)13-18(19)16-9-6-10-17(11-16)21(22,23)24/h3-11,18-19H,2,12-14H2,1H3. The van der Waals surface area contributed by atoms with Crippen LogP contribution in [0, 0.1) is 5.92 Å². The molecule has 0 radical (unpaired) electrons. The number of ether oxygens (including phenoxy) is 1. The van der Waals surface area contributed by atoms with Crippen LogP contribution in [0.25, 0.3) is 0 Å². The fraction of sp³-hybridized carbons (Fsp3) is 0.381. The second-order valence-corrected chi connectivity index (χ2v) is 6.77. The second kappa shape index (κ2) is 8.13. The molecule has 0 bridgehead atoms. The van der Waals surface area contributed by atoms with Crippen LogP contribution in [0.1, 0.15) is 29.5 Å². The quantitative estimate of drug-likeness (QED) is 0.720.